The van der Waals surface area contributed by atoms with Crippen molar-refractivity contribution in [2.75, 3.05) is 45.9 Å². The second kappa shape index (κ2) is 7.71. The van der Waals surface area contributed by atoms with Crippen molar-refractivity contribution < 1.29 is 9.53 Å². The first kappa shape index (κ1) is 13.8. The third kappa shape index (κ3) is 4.55. The molecule has 2 aliphatic heterocycles. The first-order chi connectivity index (χ1) is 8.86. The van der Waals surface area contributed by atoms with Crippen LogP contribution in [0.4, 0.5) is 0 Å². The molecule has 1 amide bonds. The average molecular weight is 255 g/mol. The van der Waals surface area contributed by atoms with E-state index in [1.807, 2.05) is 0 Å². The van der Waals surface area contributed by atoms with Gasteiger partial charge < -0.3 is 20.3 Å². The van der Waals surface area contributed by atoms with Gasteiger partial charge in [-0.1, -0.05) is 0 Å². The van der Waals surface area contributed by atoms with Gasteiger partial charge in [0, 0.05) is 39.3 Å². The van der Waals surface area contributed by atoms with Crippen molar-refractivity contribution in [2.45, 2.75) is 31.8 Å². The summed E-state index contributed by atoms with van der Waals surface area (Å²) in [5.74, 6) is 0.0787. The lowest BCUT2D eigenvalue weighted by molar-refractivity contribution is -0.135. The Morgan fingerprint density at radius 2 is 2.17 bits per heavy atom. The van der Waals surface area contributed by atoms with Crippen LogP contribution < -0.4 is 10.6 Å². The Labute approximate surface area is 109 Å². The van der Waals surface area contributed by atoms with Crippen LogP contribution in [-0.2, 0) is 9.53 Å². The minimum atomic E-state index is -0.196. The van der Waals surface area contributed by atoms with E-state index in [0.717, 1.165) is 71.6 Å². The summed E-state index contributed by atoms with van der Waals surface area (Å²) in [4.78, 5) is 14.2. The van der Waals surface area contributed by atoms with Crippen molar-refractivity contribution in [1.82, 2.24) is 15.5 Å². The lowest BCUT2D eigenvalue weighted by Gasteiger charge is -2.27. The predicted molar refractivity (Wildman–Crippen MR) is 70.5 cm³/mol. The summed E-state index contributed by atoms with van der Waals surface area (Å²) >= 11 is 0. The van der Waals surface area contributed by atoms with Crippen LogP contribution in [0.5, 0.6) is 0 Å². The maximum Gasteiger partial charge on any atom is 0.249 e. The molecular formula is C13H25N3O2. The highest BCUT2D eigenvalue weighted by molar-refractivity contribution is 5.80. The first-order valence-electron chi connectivity index (χ1n) is 7.18. The van der Waals surface area contributed by atoms with E-state index in [0.29, 0.717) is 0 Å². The van der Waals surface area contributed by atoms with E-state index < -0.39 is 0 Å². The largest absolute Gasteiger partial charge is 0.368 e. The van der Waals surface area contributed by atoms with Crippen LogP contribution >= 0.6 is 0 Å². The van der Waals surface area contributed by atoms with Gasteiger partial charge in [0.2, 0.25) is 5.91 Å². The quantitative estimate of drug-likeness (QED) is 0.677. The van der Waals surface area contributed by atoms with Gasteiger partial charge in [-0.2, -0.15) is 0 Å². The molecule has 0 aromatic carbocycles. The molecule has 0 bridgehead atoms. The monoisotopic (exact) mass is 255 g/mol. The minimum absolute atomic E-state index is 0.0787. The third-order valence-electron chi connectivity index (χ3n) is 3.63. The van der Waals surface area contributed by atoms with Crippen LogP contribution in [0.15, 0.2) is 0 Å². The smallest absolute Gasteiger partial charge is 0.249 e. The maximum atomic E-state index is 11.8. The molecule has 0 spiro atoms. The molecule has 2 aliphatic rings. The zero-order chi connectivity index (χ0) is 12.6. The van der Waals surface area contributed by atoms with Crippen LogP contribution in [0, 0.1) is 0 Å². The van der Waals surface area contributed by atoms with E-state index in [1.54, 1.807) is 0 Å². The number of amides is 1. The highest BCUT2D eigenvalue weighted by atomic mass is 16.5. The molecular weight excluding hydrogens is 230 g/mol. The molecule has 1 atom stereocenters. The second-order valence-electron chi connectivity index (χ2n) is 5.09. The second-order valence-corrected chi connectivity index (χ2v) is 5.09. The van der Waals surface area contributed by atoms with E-state index in [9.17, 15) is 4.79 Å². The predicted octanol–water partition coefficient (Wildman–Crippen LogP) is -0.0330. The number of rotatable bonds is 5. The van der Waals surface area contributed by atoms with Gasteiger partial charge in [-0.3, -0.25) is 4.79 Å². The number of nitrogens with one attached hydrogen (secondary N) is 2. The van der Waals surface area contributed by atoms with Gasteiger partial charge in [0.25, 0.3) is 0 Å². The van der Waals surface area contributed by atoms with Gasteiger partial charge in [0.15, 0.2) is 0 Å². The molecule has 2 saturated heterocycles. The molecule has 2 N–H and O–H groups in total. The molecule has 2 fully saturated rings. The van der Waals surface area contributed by atoms with Crippen molar-refractivity contribution in [3.8, 4) is 0 Å². The van der Waals surface area contributed by atoms with Crippen molar-refractivity contribution in [2.24, 2.45) is 0 Å². The molecule has 0 saturated carbocycles. The number of carbonyl (C=O) groups excluding carboxylic acids is 1. The topological polar surface area (TPSA) is 53.6 Å². The molecule has 104 valence electrons. The SMILES string of the molecule is O=C(NCCCN1CCNCC1)C1CCCCO1. The molecule has 18 heavy (non-hydrogen) atoms. The number of ether oxygens (including phenoxy) is 1. The highest BCUT2D eigenvalue weighted by Gasteiger charge is 2.21. The molecule has 0 aliphatic carbocycles. The molecule has 0 radical (unpaired) electrons. The van der Waals surface area contributed by atoms with Crippen LogP contribution in [0.1, 0.15) is 25.7 Å². The van der Waals surface area contributed by atoms with Crippen molar-refractivity contribution in [3.63, 3.8) is 0 Å². The Hall–Kier alpha value is -0.650. The summed E-state index contributed by atoms with van der Waals surface area (Å²) < 4.78 is 5.46. The van der Waals surface area contributed by atoms with Crippen LogP contribution in [-0.4, -0.2) is 62.8 Å². The molecule has 5 heteroatoms. The van der Waals surface area contributed by atoms with E-state index >= 15 is 0 Å². The lowest BCUT2D eigenvalue weighted by atomic mass is 10.1. The van der Waals surface area contributed by atoms with Gasteiger partial charge in [0.05, 0.1) is 0 Å². The lowest BCUT2D eigenvalue weighted by Crippen LogP contribution is -2.44. The van der Waals surface area contributed by atoms with Crippen molar-refractivity contribution >= 4 is 5.91 Å². The molecule has 2 rings (SSSR count). The average Bonchev–Trinajstić information content (AvgIpc) is 2.45. The summed E-state index contributed by atoms with van der Waals surface area (Å²) in [5.41, 5.74) is 0. The number of piperazine rings is 1. The van der Waals surface area contributed by atoms with Crippen LogP contribution in [0.3, 0.4) is 0 Å². The van der Waals surface area contributed by atoms with E-state index in [-0.39, 0.29) is 12.0 Å². The van der Waals surface area contributed by atoms with Crippen molar-refractivity contribution in [3.05, 3.63) is 0 Å². The van der Waals surface area contributed by atoms with E-state index in [2.05, 4.69) is 15.5 Å². The Kier molecular flexibility index (Phi) is 5.90. The standard InChI is InChI=1S/C13H25N3O2/c17-13(12-4-1-2-11-18-12)15-5-3-8-16-9-6-14-7-10-16/h12,14H,1-11H2,(H,15,17). The normalized spacial score (nSPS) is 25.9. The summed E-state index contributed by atoms with van der Waals surface area (Å²) in [6, 6.07) is 0. The summed E-state index contributed by atoms with van der Waals surface area (Å²) in [6.07, 6.45) is 3.91. The summed E-state index contributed by atoms with van der Waals surface area (Å²) in [6.45, 7) is 7.00. The fourth-order valence-electron chi connectivity index (χ4n) is 2.51. The Morgan fingerprint density at radius 3 is 2.89 bits per heavy atom. The molecule has 1 unspecified atom stereocenters. The fraction of sp³-hybridized carbons (Fsp3) is 0.923. The number of nitrogens with zero attached hydrogens (tertiary/aromatic N) is 1. The maximum absolute atomic E-state index is 11.8. The molecule has 5 nitrogen and oxygen atoms in total. The van der Waals surface area contributed by atoms with Crippen molar-refractivity contribution in [1.29, 1.82) is 0 Å². The Balaban J connectivity index is 1.52. The van der Waals surface area contributed by atoms with Gasteiger partial charge in [-0.15, -0.1) is 0 Å². The first-order valence-corrected chi connectivity index (χ1v) is 7.18. The highest BCUT2D eigenvalue weighted by Crippen LogP contribution is 2.12. The van der Waals surface area contributed by atoms with Gasteiger partial charge in [-0.05, 0) is 32.2 Å². The zero-order valence-electron chi connectivity index (χ0n) is 11.1. The number of hydrogen-bond acceptors (Lipinski definition) is 4. The van der Waals surface area contributed by atoms with Gasteiger partial charge in [-0.25, -0.2) is 0 Å². The van der Waals surface area contributed by atoms with Crippen LogP contribution in [0.2, 0.25) is 0 Å². The summed E-state index contributed by atoms with van der Waals surface area (Å²) in [7, 11) is 0. The van der Waals surface area contributed by atoms with Gasteiger partial charge in [0.1, 0.15) is 6.10 Å². The van der Waals surface area contributed by atoms with E-state index in [1.165, 1.54) is 0 Å². The Morgan fingerprint density at radius 1 is 1.33 bits per heavy atom. The number of carbonyl (C=O) groups is 1. The number of hydrogen-bond donors (Lipinski definition) is 2. The summed E-state index contributed by atoms with van der Waals surface area (Å²) in [5, 5.41) is 6.32. The fourth-order valence-corrected chi connectivity index (χ4v) is 2.51. The van der Waals surface area contributed by atoms with Gasteiger partial charge >= 0.3 is 0 Å². The molecule has 0 aromatic rings. The zero-order valence-corrected chi connectivity index (χ0v) is 11.1. The van der Waals surface area contributed by atoms with Crippen LogP contribution in [0.25, 0.3) is 0 Å². The Bertz CT molecular complexity index is 249. The molecule has 2 heterocycles. The molecule has 0 aromatic heterocycles. The van der Waals surface area contributed by atoms with E-state index in [4.69, 9.17) is 4.74 Å². The minimum Gasteiger partial charge on any atom is -0.368 e. The third-order valence-corrected chi connectivity index (χ3v) is 3.63.